The quantitative estimate of drug-likeness (QED) is 0.500. The molecule has 4 nitrogen and oxygen atoms in total. The Kier molecular flexibility index (Phi) is 4.77. The first-order valence-corrected chi connectivity index (χ1v) is 9.92. The Hall–Kier alpha value is -3.50. The lowest BCUT2D eigenvalue weighted by Crippen LogP contribution is -2.08. The maximum atomic E-state index is 12.7. The third kappa shape index (κ3) is 3.58. The molecule has 0 spiro atoms. The van der Waals surface area contributed by atoms with E-state index in [-0.39, 0.29) is 11.5 Å². The Morgan fingerprint density at radius 3 is 2.73 bits per heavy atom. The number of allylic oxidation sites excluding steroid dienone is 1. The number of para-hydroxylation sites is 1. The normalized spacial score (nSPS) is 15.7. The van der Waals surface area contributed by atoms with E-state index in [0.29, 0.717) is 35.3 Å². The summed E-state index contributed by atoms with van der Waals surface area (Å²) < 4.78 is 17.4. The second-order valence-corrected chi connectivity index (χ2v) is 7.43. The molecule has 5 heteroatoms. The van der Waals surface area contributed by atoms with Gasteiger partial charge in [0.25, 0.3) is 0 Å². The van der Waals surface area contributed by atoms with E-state index < -0.39 is 0 Å². The highest BCUT2D eigenvalue weighted by Gasteiger charge is 2.28. The van der Waals surface area contributed by atoms with Crippen molar-refractivity contribution >= 4 is 23.5 Å². The van der Waals surface area contributed by atoms with Crippen LogP contribution < -0.4 is 14.2 Å². The van der Waals surface area contributed by atoms with E-state index in [9.17, 15) is 4.79 Å². The van der Waals surface area contributed by atoms with Crippen molar-refractivity contribution in [1.29, 1.82) is 0 Å². The molecule has 0 amide bonds. The molecule has 0 atom stereocenters. The summed E-state index contributed by atoms with van der Waals surface area (Å²) in [7, 11) is 0. The second-order valence-electron chi connectivity index (χ2n) is 7.02. The van der Waals surface area contributed by atoms with E-state index in [2.05, 4.69) is 0 Å². The van der Waals surface area contributed by atoms with E-state index >= 15 is 0 Å². The van der Waals surface area contributed by atoms with Gasteiger partial charge >= 0.3 is 0 Å². The van der Waals surface area contributed by atoms with Gasteiger partial charge in [-0.05, 0) is 42.0 Å². The van der Waals surface area contributed by atoms with Crippen LogP contribution in [0, 0.1) is 0 Å². The summed E-state index contributed by atoms with van der Waals surface area (Å²) in [5.74, 6) is 2.06. The van der Waals surface area contributed by atoms with Crippen molar-refractivity contribution in [2.24, 2.45) is 0 Å². The lowest BCUT2D eigenvalue weighted by molar-refractivity contribution is 0.101. The van der Waals surface area contributed by atoms with Crippen molar-refractivity contribution in [2.45, 2.75) is 6.61 Å². The smallest absolute Gasteiger partial charge is 0.231 e. The van der Waals surface area contributed by atoms with Gasteiger partial charge in [-0.3, -0.25) is 4.79 Å². The summed E-state index contributed by atoms with van der Waals surface area (Å²) in [6, 6.07) is 20.5. The van der Waals surface area contributed by atoms with Gasteiger partial charge in [-0.15, -0.1) is 0 Å². The number of carbonyl (C=O) groups is 1. The standard InChI is InChI=1S/C25H17ClO4/c26-21-7-3-1-6-18(21)15-28-19-9-10-20-23(13-19)30-24(25(20)27)12-16-11-17-5-2-4-8-22(17)29-14-16/h1-13H,14-15H2/b24-12+. The average Bonchev–Trinajstić information content (AvgIpc) is 3.07. The summed E-state index contributed by atoms with van der Waals surface area (Å²) in [5, 5.41) is 0.653. The monoisotopic (exact) mass is 416 g/mol. The maximum absolute atomic E-state index is 12.7. The van der Waals surface area contributed by atoms with E-state index in [4.69, 9.17) is 25.8 Å². The minimum absolute atomic E-state index is 0.151. The molecule has 0 saturated heterocycles. The molecule has 2 aliphatic rings. The molecule has 3 aromatic rings. The first-order chi connectivity index (χ1) is 14.7. The van der Waals surface area contributed by atoms with Crippen LogP contribution in [0.3, 0.4) is 0 Å². The molecular weight excluding hydrogens is 400 g/mol. The molecule has 0 unspecified atom stereocenters. The van der Waals surface area contributed by atoms with Gasteiger partial charge < -0.3 is 14.2 Å². The molecule has 0 aromatic heterocycles. The maximum Gasteiger partial charge on any atom is 0.231 e. The Balaban J connectivity index is 1.34. The van der Waals surface area contributed by atoms with Crippen LogP contribution in [0.15, 0.2) is 84.1 Å². The van der Waals surface area contributed by atoms with Crippen molar-refractivity contribution in [1.82, 2.24) is 0 Å². The minimum Gasteiger partial charge on any atom is -0.489 e. The number of fused-ring (bicyclic) bond motifs is 2. The van der Waals surface area contributed by atoms with Gasteiger partial charge in [0, 0.05) is 22.2 Å². The summed E-state index contributed by atoms with van der Waals surface area (Å²) in [5.41, 5.74) is 3.26. The summed E-state index contributed by atoms with van der Waals surface area (Å²) >= 11 is 6.17. The molecule has 148 valence electrons. The van der Waals surface area contributed by atoms with Crippen LogP contribution in [-0.4, -0.2) is 12.4 Å². The predicted octanol–water partition coefficient (Wildman–Crippen LogP) is 5.85. The highest BCUT2D eigenvalue weighted by molar-refractivity contribution is 6.31. The SMILES string of the molecule is O=C1/C(=C\C2=Cc3ccccc3OC2)Oc2cc(OCc3ccccc3Cl)ccc21. The fraction of sp³-hybridized carbons (Fsp3) is 0.0800. The van der Waals surface area contributed by atoms with Crippen molar-refractivity contribution in [2.75, 3.05) is 6.61 Å². The Morgan fingerprint density at radius 1 is 1.00 bits per heavy atom. The molecule has 0 fully saturated rings. The first-order valence-electron chi connectivity index (χ1n) is 9.54. The third-order valence-electron chi connectivity index (χ3n) is 4.96. The summed E-state index contributed by atoms with van der Waals surface area (Å²) in [4.78, 5) is 12.7. The van der Waals surface area contributed by atoms with Crippen molar-refractivity contribution in [3.63, 3.8) is 0 Å². The molecule has 3 aromatic carbocycles. The zero-order chi connectivity index (χ0) is 20.5. The van der Waals surface area contributed by atoms with E-state index in [0.717, 1.165) is 22.4 Å². The summed E-state index contributed by atoms with van der Waals surface area (Å²) in [6.07, 6.45) is 3.74. The van der Waals surface area contributed by atoms with E-state index in [1.807, 2.05) is 54.6 Å². The van der Waals surface area contributed by atoms with Gasteiger partial charge in [0.2, 0.25) is 5.78 Å². The molecule has 5 rings (SSSR count). The molecule has 0 aliphatic carbocycles. The lowest BCUT2D eigenvalue weighted by atomic mass is 10.1. The van der Waals surface area contributed by atoms with Gasteiger partial charge in [0.1, 0.15) is 30.5 Å². The molecule has 30 heavy (non-hydrogen) atoms. The fourth-order valence-electron chi connectivity index (χ4n) is 3.42. The number of benzene rings is 3. The first kappa shape index (κ1) is 18.5. The van der Waals surface area contributed by atoms with Crippen molar-refractivity contribution in [3.05, 3.63) is 106 Å². The lowest BCUT2D eigenvalue weighted by Gasteiger charge is -2.15. The zero-order valence-corrected chi connectivity index (χ0v) is 16.7. The molecule has 2 heterocycles. The zero-order valence-electron chi connectivity index (χ0n) is 15.9. The topological polar surface area (TPSA) is 44.8 Å². The number of Topliss-reactive ketones (excluding diaryl/α,β-unsaturated/α-hetero) is 1. The molecule has 2 aliphatic heterocycles. The Morgan fingerprint density at radius 2 is 1.83 bits per heavy atom. The molecular formula is C25H17ClO4. The number of ether oxygens (including phenoxy) is 3. The average molecular weight is 417 g/mol. The fourth-order valence-corrected chi connectivity index (χ4v) is 3.61. The van der Waals surface area contributed by atoms with Crippen LogP contribution in [0.5, 0.6) is 17.2 Å². The third-order valence-corrected chi connectivity index (χ3v) is 5.33. The summed E-state index contributed by atoms with van der Waals surface area (Å²) in [6.45, 7) is 0.721. The second kappa shape index (κ2) is 7.73. The largest absolute Gasteiger partial charge is 0.489 e. The Bertz CT molecular complexity index is 1210. The van der Waals surface area contributed by atoms with Crippen LogP contribution in [-0.2, 0) is 6.61 Å². The van der Waals surface area contributed by atoms with Crippen LogP contribution in [0.2, 0.25) is 5.02 Å². The van der Waals surface area contributed by atoms with E-state index in [1.54, 1.807) is 24.3 Å². The van der Waals surface area contributed by atoms with Gasteiger partial charge in [0.05, 0.1) is 5.56 Å². The number of rotatable bonds is 4. The van der Waals surface area contributed by atoms with Crippen LogP contribution in [0.25, 0.3) is 6.08 Å². The van der Waals surface area contributed by atoms with Gasteiger partial charge in [0.15, 0.2) is 5.76 Å². The van der Waals surface area contributed by atoms with Crippen LogP contribution >= 0.6 is 11.6 Å². The van der Waals surface area contributed by atoms with Crippen LogP contribution in [0.1, 0.15) is 21.5 Å². The van der Waals surface area contributed by atoms with Crippen molar-refractivity contribution < 1.29 is 19.0 Å². The highest BCUT2D eigenvalue weighted by atomic mass is 35.5. The van der Waals surface area contributed by atoms with Gasteiger partial charge in [-0.2, -0.15) is 0 Å². The number of carbonyl (C=O) groups excluding carboxylic acids is 1. The minimum atomic E-state index is -0.151. The predicted molar refractivity (Wildman–Crippen MR) is 115 cm³/mol. The molecule has 0 N–H and O–H groups in total. The molecule has 0 bridgehead atoms. The number of halogens is 1. The van der Waals surface area contributed by atoms with Crippen molar-refractivity contribution in [3.8, 4) is 17.2 Å². The molecule has 0 radical (unpaired) electrons. The number of ketones is 1. The molecule has 0 saturated carbocycles. The highest BCUT2D eigenvalue weighted by Crippen LogP contribution is 2.36. The van der Waals surface area contributed by atoms with Gasteiger partial charge in [-0.25, -0.2) is 0 Å². The van der Waals surface area contributed by atoms with E-state index in [1.165, 1.54) is 0 Å². The Labute approximate surface area is 179 Å². The number of hydrogen-bond acceptors (Lipinski definition) is 4. The van der Waals surface area contributed by atoms with Crippen LogP contribution in [0.4, 0.5) is 0 Å². The van der Waals surface area contributed by atoms with Gasteiger partial charge in [-0.1, -0.05) is 48.0 Å². The number of hydrogen-bond donors (Lipinski definition) is 0.